The van der Waals surface area contributed by atoms with Crippen molar-refractivity contribution in [3.8, 4) is 0 Å². The fourth-order valence-corrected chi connectivity index (χ4v) is 4.73. The number of hydrogen-bond donors (Lipinski definition) is 1. The van der Waals surface area contributed by atoms with E-state index in [-0.39, 0.29) is 16.1 Å². The Labute approximate surface area is 185 Å². The van der Waals surface area contributed by atoms with Crippen molar-refractivity contribution in [1.29, 1.82) is 0 Å². The second-order valence-electron chi connectivity index (χ2n) is 7.33. The summed E-state index contributed by atoms with van der Waals surface area (Å²) < 4.78 is 31.9. The molecule has 0 saturated carbocycles. The van der Waals surface area contributed by atoms with Gasteiger partial charge >= 0.3 is 5.97 Å². The zero-order chi connectivity index (χ0) is 23.3. The monoisotopic (exact) mass is 461 g/mol. The molecular formula is C21H23N3O7S. The summed E-state index contributed by atoms with van der Waals surface area (Å²) in [6.07, 6.45) is 1.55. The molecule has 32 heavy (non-hydrogen) atoms. The molecule has 170 valence electrons. The van der Waals surface area contributed by atoms with E-state index >= 15 is 0 Å². The number of anilines is 1. The van der Waals surface area contributed by atoms with E-state index in [2.05, 4.69) is 5.32 Å². The highest BCUT2D eigenvalue weighted by Gasteiger charge is 2.26. The van der Waals surface area contributed by atoms with Gasteiger partial charge in [-0.25, -0.2) is 13.2 Å². The second-order valence-corrected chi connectivity index (χ2v) is 9.27. The molecule has 1 aliphatic heterocycles. The predicted octanol–water partition coefficient (Wildman–Crippen LogP) is 2.95. The number of carbonyl (C=O) groups is 2. The summed E-state index contributed by atoms with van der Waals surface area (Å²) in [5.41, 5.74) is 0.256. The van der Waals surface area contributed by atoms with Crippen molar-refractivity contribution in [3.05, 3.63) is 64.2 Å². The van der Waals surface area contributed by atoms with Crippen molar-refractivity contribution >= 4 is 33.3 Å². The lowest BCUT2D eigenvalue weighted by atomic mass is 10.2. The Hall–Kier alpha value is -3.31. The maximum atomic E-state index is 12.7. The number of piperidine rings is 1. The smallest absolute Gasteiger partial charge is 0.338 e. The van der Waals surface area contributed by atoms with Crippen LogP contribution in [0.1, 0.15) is 36.5 Å². The third-order valence-electron chi connectivity index (χ3n) is 5.04. The molecule has 2 aromatic rings. The van der Waals surface area contributed by atoms with E-state index in [9.17, 15) is 28.1 Å². The van der Waals surface area contributed by atoms with Gasteiger partial charge in [0.1, 0.15) is 0 Å². The number of nitrogens with one attached hydrogen (secondary N) is 1. The van der Waals surface area contributed by atoms with Crippen LogP contribution in [0.2, 0.25) is 0 Å². The number of nitro groups is 1. The number of ether oxygens (including phenoxy) is 1. The number of nitrogens with zero attached hydrogens (tertiary/aromatic N) is 2. The number of amides is 1. The summed E-state index contributed by atoms with van der Waals surface area (Å²) in [4.78, 5) is 34.7. The molecular weight excluding hydrogens is 438 g/mol. The van der Waals surface area contributed by atoms with Crippen LogP contribution in [0.5, 0.6) is 0 Å². The lowest BCUT2D eigenvalue weighted by molar-refractivity contribution is -0.384. The van der Waals surface area contributed by atoms with Gasteiger partial charge in [0, 0.05) is 30.9 Å². The van der Waals surface area contributed by atoms with Crippen LogP contribution in [-0.4, -0.2) is 48.7 Å². The fourth-order valence-electron chi connectivity index (χ4n) is 3.21. The molecule has 0 unspecified atom stereocenters. The molecule has 10 nitrogen and oxygen atoms in total. The molecule has 1 atom stereocenters. The number of esters is 1. The summed E-state index contributed by atoms with van der Waals surface area (Å²) in [6.45, 7) is 2.38. The molecule has 0 spiro atoms. The van der Waals surface area contributed by atoms with E-state index in [1.807, 2.05) is 0 Å². The Kier molecular flexibility index (Phi) is 7.21. The number of benzene rings is 2. The van der Waals surface area contributed by atoms with Crippen molar-refractivity contribution in [1.82, 2.24) is 4.31 Å². The summed E-state index contributed by atoms with van der Waals surface area (Å²) in [6, 6.07) is 10.6. The van der Waals surface area contributed by atoms with E-state index in [0.29, 0.717) is 18.8 Å². The summed E-state index contributed by atoms with van der Waals surface area (Å²) >= 11 is 0. The topological polar surface area (TPSA) is 136 Å². The highest BCUT2D eigenvalue weighted by molar-refractivity contribution is 7.89. The van der Waals surface area contributed by atoms with Crippen molar-refractivity contribution in [3.63, 3.8) is 0 Å². The van der Waals surface area contributed by atoms with Gasteiger partial charge in [-0.3, -0.25) is 14.9 Å². The van der Waals surface area contributed by atoms with Crippen LogP contribution in [-0.2, 0) is 19.6 Å². The molecule has 1 aliphatic rings. The largest absolute Gasteiger partial charge is 0.449 e. The molecule has 3 rings (SSSR count). The highest BCUT2D eigenvalue weighted by Crippen LogP contribution is 2.22. The Bertz CT molecular complexity index is 1090. The minimum Gasteiger partial charge on any atom is -0.449 e. The summed E-state index contributed by atoms with van der Waals surface area (Å²) in [5.74, 6) is -1.41. The minimum atomic E-state index is -3.57. The minimum absolute atomic E-state index is 0.0718. The Balaban J connectivity index is 1.58. The Morgan fingerprint density at radius 2 is 1.62 bits per heavy atom. The molecule has 0 aliphatic carbocycles. The zero-order valence-electron chi connectivity index (χ0n) is 17.4. The normalized spacial score (nSPS) is 15.5. The number of hydrogen-bond acceptors (Lipinski definition) is 7. The van der Waals surface area contributed by atoms with Crippen molar-refractivity contribution < 1.29 is 27.7 Å². The van der Waals surface area contributed by atoms with E-state index in [1.165, 1.54) is 59.8 Å². The molecule has 1 amide bonds. The number of carbonyl (C=O) groups excluding carboxylic acids is 2. The van der Waals surface area contributed by atoms with Crippen molar-refractivity contribution in [2.24, 2.45) is 0 Å². The number of sulfonamides is 1. The van der Waals surface area contributed by atoms with Gasteiger partial charge in [-0.1, -0.05) is 6.42 Å². The van der Waals surface area contributed by atoms with Crippen LogP contribution < -0.4 is 5.32 Å². The lowest BCUT2D eigenvalue weighted by Gasteiger charge is -2.25. The van der Waals surface area contributed by atoms with Gasteiger partial charge in [-0.15, -0.1) is 0 Å². The summed E-state index contributed by atoms with van der Waals surface area (Å²) in [7, 11) is -3.57. The van der Waals surface area contributed by atoms with E-state index < -0.39 is 32.9 Å². The number of rotatable bonds is 7. The first-order chi connectivity index (χ1) is 15.2. The van der Waals surface area contributed by atoms with Crippen LogP contribution in [0.25, 0.3) is 0 Å². The maximum absolute atomic E-state index is 12.7. The quantitative estimate of drug-likeness (QED) is 0.380. The molecule has 1 saturated heterocycles. The van der Waals surface area contributed by atoms with Gasteiger partial charge in [0.2, 0.25) is 10.0 Å². The van der Waals surface area contributed by atoms with Crippen LogP contribution in [0.3, 0.4) is 0 Å². The molecule has 2 aromatic carbocycles. The van der Waals surface area contributed by atoms with Gasteiger partial charge in [-0.2, -0.15) is 4.31 Å². The molecule has 0 bridgehead atoms. The molecule has 11 heteroatoms. The second kappa shape index (κ2) is 9.88. The molecule has 1 N–H and O–H groups in total. The van der Waals surface area contributed by atoms with Crippen molar-refractivity contribution in [2.75, 3.05) is 18.4 Å². The maximum Gasteiger partial charge on any atom is 0.338 e. The van der Waals surface area contributed by atoms with Gasteiger partial charge in [0.05, 0.1) is 15.4 Å². The van der Waals surface area contributed by atoms with Crippen LogP contribution in [0, 0.1) is 10.1 Å². The van der Waals surface area contributed by atoms with Gasteiger partial charge in [-0.05, 0) is 56.2 Å². The van der Waals surface area contributed by atoms with Gasteiger partial charge < -0.3 is 10.1 Å². The molecule has 0 radical (unpaired) electrons. The van der Waals surface area contributed by atoms with E-state index in [0.717, 1.165) is 19.3 Å². The third-order valence-corrected chi connectivity index (χ3v) is 6.95. The van der Waals surface area contributed by atoms with Crippen LogP contribution in [0.15, 0.2) is 53.4 Å². The first-order valence-corrected chi connectivity index (χ1v) is 11.5. The third kappa shape index (κ3) is 5.48. The van der Waals surface area contributed by atoms with Gasteiger partial charge in [0.15, 0.2) is 6.10 Å². The summed E-state index contributed by atoms with van der Waals surface area (Å²) in [5, 5.41) is 13.2. The van der Waals surface area contributed by atoms with Crippen molar-refractivity contribution in [2.45, 2.75) is 37.2 Å². The predicted molar refractivity (Wildman–Crippen MR) is 116 cm³/mol. The number of nitro benzene ring substituents is 1. The van der Waals surface area contributed by atoms with Crippen LogP contribution >= 0.6 is 0 Å². The molecule has 0 aromatic heterocycles. The van der Waals surface area contributed by atoms with E-state index in [4.69, 9.17) is 4.74 Å². The van der Waals surface area contributed by atoms with E-state index in [1.54, 1.807) is 0 Å². The highest BCUT2D eigenvalue weighted by atomic mass is 32.2. The van der Waals surface area contributed by atoms with Gasteiger partial charge in [0.25, 0.3) is 11.6 Å². The zero-order valence-corrected chi connectivity index (χ0v) is 18.2. The lowest BCUT2D eigenvalue weighted by Crippen LogP contribution is -2.35. The Morgan fingerprint density at radius 3 is 2.19 bits per heavy atom. The number of non-ortho nitro benzene ring substituents is 1. The standard InChI is InChI=1S/C21H23N3O7S/c1-15(31-21(26)16-5-9-18(10-6-16)24(27)28)20(25)22-17-7-11-19(12-8-17)32(29,30)23-13-3-2-4-14-23/h5-12,15H,2-4,13-14H2,1H3,(H,22,25)/t15-/m1/s1. The average Bonchev–Trinajstić information content (AvgIpc) is 2.80. The molecule has 1 fully saturated rings. The first-order valence-electron chi connectivity index (χ1n) is 10.0. The average molecular weight is 461 g/mol. The Morgan fingerprint density at radius 1 is 1.03 bits per heavy atom. The first kappa shape index (κ1) is 23.4. The molecule has 1 heterocycles. The fraction of sp³-hybridized carbons (Fsp3) is 0.333. The van der Waals surface area contributed by atoms with Crippen LogP contribution in [0.4, 0.5) is 11.4 Å². The SMILES string of the molecule is C[C@@H](OC(=O)c1ccc([N+](=O)[O-])cc1)C(=O)Nc1ccc(S(=O)(=O)N2CCCCC2)cc1.